The lowest BCUT2D eigenvalue weighted by Gasteiger charge is -2.27. The molecule has 1 aromatic rings. The first kappa shape index (κ1) is 15.9. The molecule has 0 bridgehead atoms. The highest BCUT2D eigenvalue weighted by Crippen LogP contribution is 2.31. The van der Waals surface area contributed by atoms with E-state index in [-0.39, 0.29) is 0 Å². The van der Waals surface area contributed by atoms with Gasteiger partial charge in [-0.15, -0.1) is 0 Å². The zero-order valence-corrected chi connectivity index (χ0v) is 13.6. The fourth-order valence-corrected chi connectivity index (χ4v) is 3.25. The van der Waals surface area contributed by atoms with Crippen molar-refractivity contribution in [3.05, 3.63) is 29.8 Å². The van der Waals surface area contributed by atoms with Crippen LogP contribution in [-0.2, 0) is 11.2 Å². The third kappa shape index (κ3) is 3.78. The van der Waals surface area contributed by atoms with Gasteiger partial charge in [0.2, 0.25) is 5.91 Å². The molecule has 1 amide bonds. The van der Waals surface area contributed by atoms with Gasteiger partial charge in [0, 0.05) is 37.8 Å². The van der Waals surface area contributed by atoms with Crippen molar-refractivity contribution in [2.24, 2.45) is 0 Å². The summed E-state index contributed by atoms with van der Waals surface area (Å²) in [5, 5.41) is 0. The standard InChI is InChI=1S/C18H28N2O/c1-4-11-19(12-5-2)18(21)10-13-20-15(3)14-16-8-6-7-9-17(16)20/h6-9,15H,4-5,10-14H2,1-3H3. The molecule has 21 heavy (non-hydrogen) atoms. The molecule has 1 aromatic carbocycles. The predicted molar refractivity (Wildman–Crippen MR) is 88.7 cm³/mol. The lowest BCUT2D eigenvalue weighted by Crippen LogP contribution is -2.37. The monoisotopic (exact) mass is 288 g/mol. The van der Waals surface area contributed by atoms with Gasteiger partial charge in [0.05, 0.1) is 0 Å². The minimum absolute atomic E-state index is 0.301. The number of amides is 1. The normalized spacial score (nSPS) is 16.9. The quantitative estimate of drug-likeness (QED) is 0.767. The highest BCUT2D eigenvalue weighted by Gasteiger charge is 2.26. The number of nitrogens with zero attached hydrogens (tertiary/aromatic N) is 2. The molecule has 1 unspecified atom stereocenters. The maximum Gasteiger partial charge on any atom is 0.224 e. The van der Waals surface area contributed by atoms with Crippen LogP contribution in [-0.4, -0.2) is 36.5 Å². The van der Waals surface area contributed by atoms with Gasteiger partial charge < -0.3 is 9.80 Å². The first-order valence-corrected chi connectivity index (χ1v) is 8.29. The largest absolute Gasteiger partial charge is 0.368 e. The molecule has 0 fully saturated rings. The van der Waals surface area contributed by atoms with Crippen LogP contribution in [0.2, 0.25) is 0 Å². The van der Waals surface area contributed by atoms with E-state index in [4.69, 9.17) is 0 Å². The molecule has 116 valence electrons. The van der Waals surface area contributed by atoms with Gasteiger partial charge in [-0.05, 0) is 37.8 Å². The number of rotatable bonds is 7. The molecule has 1 aliphatic heterocycles. The topological polar surface area (TPSA) is 23.6 Å². The summed E-state index contributed by atoms with van der Waals surface area (Å²) in [6.45, 7) is 9.13. The maximum atomic E-state index is 12.4. The van der Waals surface area contributed by atoms with E-state index in [0.717, 1.165) is 38.9 Å². The third-order valence-electron chi connectivity index (χ3n) is 4.25. The molecule has 0 saturated carbocycles. The molecule has 2 rings (SSSR count). The van der Waals surface area contributed by atoms with Crippen LogP contribution in [0.1, 0.15) is 45.6 Å². The number of fused-ring (bicyclic) bond motifs is 1. The molecular formula is C18H28N2O. The lowest BCUT2D eigenvalue weighted by molar-refractivity contribution is -0.131. The fourth-order valence-electron chi connectivity index (χ4n) is 3.25. The summed E-state index contributed by atoms with van der Waals surface area (Å²) in [6, 6.07) is 9.07. The zero-order chi connectivity index (χ0) is 15.2. The Bertz CT molecular complexity index is 466. The summed E-state index contributed by atoms with van der Waals surface area (Å²) in [5.41, 5.74) is 2.73. The van der Waals surface area contributed by atoms with Crippen molar-refractivity contribution in [3.63, 3.8) is 0 Å². The zero-order valence-electron chi connectivity index (χ0n) is 13.6. The Labute approximate surface area is 128 Å². The summed E-state index contributed by atoms with van der Waals surface area (Å²) < 4.78 is 0. The Kier molecular flexibility index (Phi) is 5.66. The average Bonchev–Trinajstić information content (AvgIpc) is 2.80. The van der Waals surface area contributed by atoms with Gasteiger partial charge in [0.1, 0.15) is 0 Å². The van der Waals surface area contributed by atoms with E-state index < -0.39 is 0 Å². The van der Waals surface area contributed by atoms with Gasteiger partial charge in [-0.3, -0.25) is 4.79 Å². The van der Waals surface area contributed by atoms with Gasteiger partial charge in [-0.25, -0.2) is 0 Å². The number of carbonyl (C=O) groups excluding carboxylic acids is 1. The SMILES string of the molecule is CCCN(CCC)C(=O)CCN1c2ccccc2CC1C. The van der Waals surface area contributed by atoms with Crippen LogP contribution < -0.4 is 4.90 Å². The van der Waals surface area contributed by atoms with Crippen molar-refractivity contribution in [1.82, 2.24) is 4.90 Å². The van der Waals surface area contributed by atoms with Crippen LogP contribution in [0, 0.1) is 0 Å². The number of carbonyl (C=O) groups is 1. The maximum absolute atomic E-state index is 12.4. The first-order chi connectivity index (χ1) is 10.2. The van der Waals surface area contributed by atoms with Gasteiger partial charge in [-0.1, -0.05) is 32.0 Å². The lowest BCUT2D eigenvalue weighted by atomic mass is 10.1. The smallest absolute Gasteiger partial charge is 0.224 e. The van der Waals surface area contributed by atoms with Crippen molar-refractivity contribution in [2.45, 2.75) is 52.5 Å². The van der Waals surface area contributed by atoms with Crippen molar-refractivity contribution >= 4 is 11.6 Å². The van der Waals surface area contributed by atoms with Crippen LogP contribution in [0.15, 0.2) is 24.3 Å². The Balaban J connectivity index is 1.94. The molecule has 3 nitrogen and oxygen atoms in total. The van der Waals surface area contributed by atoms with E-state index in [1.165, 1.54) is 11.3 Å². The van der Waals surface area contributed by atoms with Gasteiger partial charge in [0.25, 0.3) is 0 Å². The predicted octanol–water partition coefficient (Wildman–Crippen LogP) is 3.48. The van der Waals surface area contributed by atoms with Crippen LogP contribution >= 0.6 is 0 Å². The van der Waals surface area contributed by atoms with Crippen molar-refractivity contribution < 1.29 is 4.79 Å². The summed E-state index contributed by atoms with van der Waals surface area (Å²) >= 11 is 0. The molecule has 0 aliphatic carbocycles. The van der Waals surface area contributed by atoms with Crippen LogP contribution in [0.25, 0.3) is 0 Å². The minimum atomic E-state index is 0.301. The van der Waals surface area contributed by atoms with E-state index >= 15 is 0 Å². The average molecular weight is 288 g/mol. The van der Waals surface area contributed by atoms with Crippen molar-refractivity contribution in [2.75, 3.05) is 24.5 Å². The second-order valence-corrected chi connectivity index (χ2v) is 6.01. The summed E-state index contributed by atoms with van der Waals surface area (Å²) in [5.74, 6) is 0.301. The van der Waals surface area contributed by atoms with E-state index in [9.17, 15) is 4.79 Å². The summed E-state index contributed by atoms with van der Waals surface area (Å²) in [4.78, 5) is 16.8. The molecule has 0 N–H and O–H groups in total. The highest BCUT2D eigenvalue weighted by atomic mass is 16.2. The Morgan fingerprint density at radius 2 is 1.90 bits per heavy atom. The molecule has 1 atom stereocenters. The molecule has 3 heteroatoms. The highest BCUT2D eigenvalue weighted by molar-refractivity contribution is 5.77. The molecule has 0 spiro atoms. The molecule has 0 radical (unpaired) electrons. The van der Waals surface area contributed by atoms with Crippen molar-refractivity contribution in [1.29, 1.82) is 0 Å². The molecule has 0 aromatic heterocycles. The molecule has 0 saturated heterocycles. The Morgan fingerprint density at radius 1 is 1.24 bits per heavy atom. The number of benzene rings is 1. The van der Waals surface area contributed by atoms with Crippen LogP contribution in [0.4, 0.5) is 5.69 Å². The number of hydrogen-bond donors (Lipinski definition) is 0. The second-order valence-electron chi connectivity index (χ2n) is 6.01. The number of anilines is 1. The molecular weight excluding hydrogens is 260 g/mol. The molecule has 1 aliphatic rings. The van der Waals surface area contributed by atoms with Crippen molar-refractivity contribution in [3.8, 4) is 0 Å². The fraction of sp³-hybridized carbons (Fsp3) is 0.611. The second kappa shape index (κ2) is 7.48. The van der Waals surface area contributed by atoms with E-state index in [1.54, 1.807) is 0 Å². The van der Waals surface area contributed by atoms with Gasteiger partial charge >= 0.3 is 0 Å². The first-order valence-electron chi connectivity index (χ1n) is 8.29. The molecule has 1 heterocycles. The number of hydrogen-bond acceptors (Lipinski definition) is 2. The van der Waals surface area contributed by atoms with Crippen LogP contribution in [0.5, 0.6) is 0 Å². The van der Waals surface area contributed by atoms with E-state index in [1.807, 2.05) is 4.90 Å². The third-order valence-corrected chi connectivity index (χ3v) is 4.25. The number of para-hydroxylation sites is 1. The van der Waals surface area contributed by atoms with E-state index in [0.29, 0.717) is 18.4 Å². The van der Waals surface area contributed by atoms with Crippen LogP contribution in [0.3, 0.4) is 0 Å². The van der Waals surface area contributed by atoms with E-state index in [2.05, 4.69) is 49.9 Å². The Morgan fingerprint density at radius 3 is 2.57 bits per heavy atom. The Hall–Kier alpha value is -1.51. The summed E-state index contributed by atoms with van der Waals surface area (Å²) in [6.07, 6.45) is 3.79. The summed E-state index contributed by atoms with van der Waals surface area (Å²) in [7, 11) is 0. The minimum Gasteiger partial charge on any atom is -0.368 e. The van der Waals surface area contributed by atoms with Gasteiger partial charge in [0.15, 0.2) is 0 Å². The van der Waals surface area contributed by atoms with Gasteiger partial charge in [-0.2, -0.15) is 0 Å².